The van der Waals surface area contributed by atoms with E-state index in [1.165, 1.54) is 25.7 Å². The van der Waals surface area contributed by atoms with Crippen molar-refractivity contribution in [2.75, 3.05) is 25.0 Å². The van der Waals surface area contributed by atoms with Gasteiger partial charge in [-0.25, -0.2) is 0 Å². The van der Waals surface area contributed by atoms with E-state index in [9.17, 15) is 4.79 Å². The molecule has 1 rings (SSSR count). The summed E-state index contributed by atoms with van der Waals surface area (Å²) < 4.78 is 5.74. The topological polar surface area (TPSA) is 50.4 Å². The van der Waals surface area contributed by atoms with Gasteiger partial charge in [0.25, 0.3) is 0 Å². The number of hydrogen-bond donors (Lipinski definition) is 2. The molecule has 0 unspecified atom stereocenters. The number of rotatable bonds is 12. The van der Waals surface area contributed by atoms with Crippen LogP contribution >= 0.6 is 0 Å². The summed E-state index contributed by atoms with van der Waals surface area (Å²) in [6.45, 7) is 6.23. The minimum atomic E-state index is -0.0230. The van der Waals surface area contributed by atoms with E-state index in [0.29, 0.717) is 6.54 Å². The zero-order valence-corrected chi connectivity index (χ0v) is 14.0. The highest BCUT2D eigenvalue weighted by molar-refractivity contribution is 5.92. The molecule has 0 aromatic heterocycles. The summed E-state index contributed by atoms with van der Waals surface area (Å²) in [5.74, 6) is 0.792. The van der Waals surface area contributed by atoms with E-state index in [1.807, 2.05) is 24.3 Å². The molecule has 0 atom stereocenters. The third-order valence-corrected chi connectivity index (χ3v) is 3.35. The Balaban J connectivity index is 2.28. The van der Waals surface area contributed by atoms with E-state index in [0.717, 1.165) is 37.4 Å². The van der Waals surface area contributed by atoms with Gasteiger partial charge in [0, 0.05) is 11.8 Å². The van der Waals surface area contributed by atoms with Crippen molar-refractivity contribution in [2.24, 2.45) is 0 Å². The lowest BCUT2D eigenvalue weighted by molar-refractivity contribution is -0.115. The minimum Gasteiger partial charge on any atom is -0.494 e. The number of unbranched alkanes of at least 4 members (excludes halogenated alkanes) is 4. The van der Waals surface area contributed by atoms with Crippen molar-refractivity contribution in [2.45, 2.75) is 52.4 Å². The number of anilines is 1. The van der Waals surface area contributed by atoms with E-state index in [2.05, 4.69) is 24.5 Å². The summed E-state index contributed by atoms with van der Waals surface area (Å²) in [6, 6.07) is 7.59. The van der Waals surface area contributed by atoms with Crippen LogP contribution < -0.4 is 15.4 Å². The van der Waals surface area contributed by atoms with Crippen LogP contribution in [-0.2, 0) is 4.79 Å². The maximum Gasteiger partial charge on any atom is 0.238 e. The predicted molar refractivity (Wildman–Crippen MR) is 92.5 cm³/mol. The van der Waals surface area contributed by atoms with Crippen LogP contribution in [0, 0.1) is 0 Å². The van der Waals surface area contributed by atoms with E-state index in [1.54, 1.807) is 0 Å². The van der Waals surface area contributed by atoms with Gasteiger partial charge in [0.2, 0.25) is 5.91 Å². The Labute approximate surface area is 134 Å². The average Bonchev–Trinajstić information content (AvgIpc) is 2.51. The third-order valence-electron chi connectivity index (χ3n) is 3.35. The molecule has 1 aromatic carbocycles. The highest BCUT2D eigenvalue weighted by atomic mass is 16.5. The van der Waals surface area contributed by atoms with E-state index >= 15 is 0 Å². The van der Waals surface area contributed by atoms with Crippen LogP contribution in [0.4, 0.5) is 5.69 Å². The summed E-state index contributed by atoms with van der Waals surface area (Å²) in [5.41, 5.74) is 0.784. The highest BCUT2D eigenvalue weighted by Crippen LogP contribution is 2.17. The van der Waals surface area contributed by atoms with Gasteiger partial charge in [-0.05, 0) is 31.5 Å². The maximum atomic E-state index is 11.7. The number of hydrogen-bond acceptors (Lipinski definition) is 3. The van der Waals surface area contributed by atoms with Gasteiger partial charge in [-0.15, -0.1) is 0 Å². The minimum absolute atomic E-state index is 0.0230. The van der Waals surface area contributed by atoms with Gasteiger partial charge in [-0.2, -0.15) is 0 Å². The Bertz CT molecular complexity index is 421. The second kappa shape index (κ2) is 12.0. The molecule has 4 heteroatoms. The molecule has 0 spiro atoms. The summed E-state index contributed by atoms with van der Waals surface area (Å²) >= 11 is 0. The normalized spacial score (nSPS) is 10.5. The molecule has 124 valence electrons. The second-order valence-electron chi connectivity index (χ2n) is 5.52. The van der Waals surface area contributed by atoms with Gasteiger partial charge < -0.3 is 15.4 Å². The third kappa shape index (κ3) is 8.67. The van der Waals surface area contributed by atoms with Crippen LogP contribution in [0.2, 0.25) is 0 Å². The first-order valence-electron chi connectivity index (χ1n) is 8.49. The highest BCUT2D eigenvalue weighted by Gasteiger charge is 2.02. The monoisotopic (exact) mass is 306 g/mol. The van der Waals surface area contributed by atoms with E-state index < -0.39 is 0 Å². The molecular formula is C18H30N2O2. The van der Waals surface area contributed by atoms with Crippen molar-refractivity contribution in [1.29, 1.82) is 0 Å². The van der Waals surface area contributed by atoms with Gasteiger partial charge in [-0.3, -0.25) is 4.79 Å². The number of amides is 1. The molecule has 1 aromatic rings. The fourth-order valence-corrected chi connectivity index (χ4v) is 2.14. The first kappa shape index (κ1) is 18.5. The zero-order chi connectivity index (χ0) is 16.0. The fourth-order valence-electron chi connectivity index (χ4n) is 2.14. The second-order valence-corrected chi connectivity index (χ2v) is 5.52. The lowest BCUT2D eigenvalue weighted by Gasteiger charge is -2.09. The van der Waals surface area contributed by atoms with Crippen molar-refractivity contribution in [3.63, 3.8) is 0 Å². The number of ether oxygens (including phenoxy) is 1. The number of carbonyl (C=O) groups is 1. The summed E-state index contributed by atoms with van der Waals surface area (Å²) in [7, 11) is 0. The Hall–Kier alpha value is -1.55. The number of nitrogens with one attached hydrogen (secondary N) is 2. The van der Waals surface area contributed by atoms with Crippen LogP contribution in [-0.4, -0.2) is 25.6 Å². The molecule has 4 nitrogen and oxygen atoms in total. The molecule has 0 aliphatic carbocycles. The van der Waals surface area contributed by atoms with Gasteiger partial charge in [0.15, 0.2) is 0 Å². The van der Waals surface area contributed by atoms with Gasteiger partial charge >= 0.3 is 0 Å². The number of benzene rings is 1. The first-order chi connectivity index (χ1) is 10.8. The van der Waals surface area contributed by atoms with Crippen molar-refractivity contribution < 1.29 is 9.53 Å². The van der Waals surface area contributed by atoms with Gasteiger partial charge in [-0.1, -0.05) is 45.6 Å². The quantitative estimate of drug-likeness (QED) is 0.574. The van der Waals surface area contributed by atoms with Crippen LogP contribution in [0.3, 0.4) is 0 Å². The van der Waals surface area contributed by atoms with Crippen molar-refractivity contribution in [3.8, 4) is 5.75 Å². The molecule has 22 heavy (non-hydrogen) atoms. The lowest BCUT2D eigenvalue weighted by atomic mass is 10.2. The van der Waals surface area contributed by atoms with Gasteiger partial charge in [0.05, 0.1) is 13.2 Å². The summed E-state index contributed by atoms with van der Waals surface area (Å²) in [6.07, 6.45) is 7.16. The summed E-state index contributed by atoms with van der Waals surface area (Å²) in [5, 5.41) is 5.96. The molecule has 0 heterocycles. The molecule has 0 fully saturated rings. The Kier molecular flexibility index (Phi) is 10.1. The molecule has 0 radical (unpaired) electrons. The molecule has 1 amide bonds. The van der Waals surface area contributed by atoms with Crippen LogP contribution in [0.25, 0.3) is 0 Å². The van der Waals surface area contributed by atoms with E-state index in [4.69, 9.17) is 4.74 Å². The Morgan fingerprint density at radius 1 is 1.09 bits per heavy atom. The van der Waals surface area contributed by atoms with Crippen LogP contribution in [0.15, 0.2) is 24.3 Å². The smallest absolute Gasteiger partial charge is 0.238 e. The van der Waals surface area contributed by atoms with Crippen molar-refractivity contribution in [1.82, 2.24) is 5.32 Å². The van der Waals surface area contributed by atoms with Crippen LogP contribution in [0.1, 0.15) is 52.4 Å². The largest absolute Gasteiger partial charge is 0.494 e. The zero-order valence-electron chi connectivity index (χ0n) is 14.0. The maximum absolute atomic E-state index is 11.7. The SMILES string of the molecule is CCCCCCCOc1cccc(NC(=O)CNCCC)c1. The lowest BCUT2D eigenvalue weighted by Crippen LogP contribution is -2.28. The standard InChI is InChI=1S/C18H30N2O2/c1-3-5-6-7-8-13-22-17-11-9-10-16(14-17)20-18(21)15-19-12-4-2/h9-11,14,19H,3-8,12-13,15H2,1-2H3,(H,20,21). The number of carbonyl (C=O) groups excluding carboxylic acids is 1. The molecule has 2 N–H and O–H groups in total. The van der Waals surface area contributed by atoms with Crippen molar-refractivity contribution >= 4 is 11.6 Å². The molecule has 0 aliphatic rings. The Morgan fingerprint density at radius 2 is 1.91 bits per heavy atom. The molecule has 0 bridgehead atoms. The van der Waals surface area contributed by atoms with Crippen LogP contribution in [0.5, 0.6) is 5.75 Å². The summed E-state index contributed by atoms with van der Waals surface area (Å²) in [4.78, 5) is 11.7. The molecule has 0 saturated heterocycles. The van der Waals surface area contributed by atoms with E-state index in [-0.39, 0.29) is 5.91 Å². The molecule has 0 aliphatic heterocycles. The van der Waals surface area contributed by atoms with Crippen molar-refractivity contribution in [3.05, 3.63) is 24.3 Å². The molecular weight excluding hydrogens is 276 g/mol. The molecule has 0 saturated carbocycles. The predicted octanol–water partition coefficient (Wildman–Crippen LogP) is 3.97. The fraction of sp³-hybridized carbons (Fsp3) is 0.611. The average molecular weight is 306 g/mol. The van der Waals surface area contributed by atoms with Gasteiger partial charge in [0.1, 0.15) is 5.75 Å². The Morgan fingerprint density at radius 3 is 2.68 bits per heavy atom. The first-order valence-corrected chi connectivity index (χ1v) is 8.49.